The summed E-state index contributed by atoms with van der Waals surface area (Å²) in [5.74, 6) is -0.249. The van der Waals surface area contributed by atoms with Gasteiger partial charge in [-0.25, -0.2) is 13.1 Å². The molecule has 9 heteroatoms. The molecule has 1 aromatic carbocycles. The molecule has 0 N–H and O–H groups in total. The summed E-state index contributed by atoms with van der Waals surface area (Å²) >= 11 is 0. The van der Waals surface area contributed by atoms with Crippen molar-refractivity contribution in [1.29, 1.82) is 0 Å². The van der Waals surface area contributed by atoms with E-state index in [1.165, 1.54) is 15.9 Å². The second kappa shape index (κ2) is 8.24. The van der Waals surface area contributed by atoms with Crippen molar-refractivity contribution in [3.63, 3.8) is 0 Å². The van der Waals surface area contributed by atoms with E-state index >= 15 is 0 Å². The van der Waals surface area contributed by atoms with Crippen LogP contribution in [0.4, 0.5) is 0 Å². The van der Waals surface area contributed by atoms with Crippen LogP contribution in [0, 0.1) is 0 Å². The Hall–Kier alpha value is -2.52. The summed E-state index contributed by atoms with van der Waals surface area (Å²) in [6, 6.07) is 11.0. The van der Waals surface area contributed by atoms with Crippen molar-refractivity contribution in [3.05, 3.63) is 52.3 Å². The molecule has 2 heterocycles. The maximum atomic E-state index is 12.6. The summed E-state index contributed by atoms with van der Waals surface area (Å²) in [4.78, 5) is 26.3. The Morgan fingerprint density at radius 1 is 1.04 bits per heavy atom. The van der Waals surface area contributed by atoms with E-state index in [1.54, 1.807) is 11.0 Å². The van der Waals surface area contributed by atoms with Crippen LogP contribution in [-0.4, -0.2) is 65.7 Å². The third kappa shape index (κ3) is 4.66. The van der Waals surface area contributed by atoms with Gasteiger partial charge in [-0.15, -0.1) is 0 Å². The molecular formula is C19H24N4O4S. The van der Waals surface area contributed by atoms with Gasteiger partial charge in [0.1, 0.15) is 6.54 Å². The average molecular weight is 404 g/mol. The number of carbonyl (C=O) groups is 1. The molecule has 0 unspecified atom stereocenters. The lowest BCUT2D eigenvalue weighted by atomic mass is 10.1. The van der Waals surface area contributed by atoms with Gasteiger partial charge < -0.3 is 4.90 Å². The Bertz CT molecular complexity index is 1010. The van der Waals surface area contributed by atoms with E-state index in [1.807, 2.05) is 24.3 Å². The fourth-order valence-corrected chi connectivity index (χ4v) is 3.95. The van der Waals surface area contributed by atoms with E-state index in [0.717, 1.165) is 22.9 Å². The van der Waals surface area contributed by atoms with Gasteiger partial charge in [-0.05, 0) is 18.1 Å². The van der Waals surface area contributed by atoms with Gasteiger partial charge in [0.25, 0.3) is 5.56 Å². The third-order valence-electron chi connectivity index (χ3n) is 4.87. The highest BCUT2D eigenvalue weighted by molar-refractivity contribution is 7.88. The SMILES string of the molecule is CCc1ccc(-c2ccc(=O)n(CC(=O)N3CCN(S(C)(=O)=O)CC3)n2)cc1. The molecule has 1 amide bonds. The molecule has 0 bridgehead atoms. The first-order valence-electron chi connectivity index (χ1n) is 9.18. The van der Waals surface area contributed by atoms with Gasteiger partial charge in [-0.2, -0.15) is 9.40 Å². The van der Waals surface area contributed by atoms with E-state index in [0.29, 0.717) is 18.8 Å². The minimum atomic E-state index is -3.25. The molecule has 28 heavy (non-hydrogen) atoms. The van der Waals surface area contributed by atoms with Gasteiger partial charge >= 0.3 is 0 Å². The molecule has 8 nitrogen and oxygen atoms in total. The van der Waals surface area contributed by atoms with E-state index in [9.17, 15) is 18.0 Å². The van der Waals surface area contributed by atoms with Crippen molar-refractivity contribution in [2.45, 2.75) is 19.9 Å². The van der Waals surface area contributed by atoms with Crippen LogP contribution in [0.2, 0.25) is 0 Å². The number of amides is 1. The standard InChI is InChI=1S/C19H24N4O4S/c1-3-15-4-6-16(7-5-15)17-8-9-18(24)23(20-17)14-19(25)21-10-12-22(13-11-21)28(2,26)27/h4-9H,3,10-14H2,1-2H3. The van der Waals surface area contributed by atoms with Crippen LogP contribution < -0.4 is 5.56 Å². The van der Waals surface area contributed by atoms with Crippen LogP contribution >= 0.6 is 0 Å². The molecular weight excluding hydrogens is 380 g/mol. The minimum Gasteiger partial charge on any atom is -0.338 e. The highest BCUT2D eigenvalue weighted by atomic mass is 32.2. The molecule has 150 valence electrons. The molecule has 0 spiro atoms. The minimum absolute atomic E-state index is 0.168. The normalized spacial score (nSPS) is 15.6. The Labute approximate surface area is 164 Å². The van der Waals surface area contributed by atoms with Crippen LogP contribution in [0.5, 0.6) is 0 Å². The molecule has 0 atom stereocenters. The summed E-state index contributed by atoms with van der Waals surface area (Å²) in [7, 11) is -3.25. The highest BCUT2D eigenvalue weighted by Crippen LogP contribution is 2.16. The predicted octanol–water partition coefficient (Wildman–Crippen LogP) is 0.577. The number of hydrogen-bond acceptors (Lipinski definition) is 5. The number of piperazine rings is 1. The van der Waals surface area contributed by atoms with Crippen LogP contribution in [0.1, 0.15) is 12.5 Å². The van der Waals surface area contributed by atoms with E-state index in [-0.39, 0.29) is 31.1 Å². The summed E-state index contributed by atoms with van der Waals surface area (Å²) < 4.78 is 25.7. The average Bonchev–Trinajstić information content (AvgIpc) is 2.69. The largest absolute Gasteiger partial charge is 0.338 e. The van der Waals surface area contributed by atoms with Gasteiger partial charge in [-0.3, -0.25) is 9.59 Å². The van der Waals surface area contributed by atoms with Crippen molar-refractivity contribution in [3.8, 4) is 11.3 Å². The van der Waals surface area contributed by atoms with Crippen LogP contribution in [0.15, 0.2) is 41.2 Å². The molecule has 0 aliphatic carbocycles. The Balaban J connectivity index is 1.72. The zero-order valence-corrected chi connectivity index (χ0v) is 16.9. The van der Waals surface area contributed by atoms with Crippen molar-refractivity contribution in [2.24, 2.45) is 0 Å². The monoisotopic (exact) mass is 404 g/mol. The second-order valence-electron chi connectivity index (χ2n) is 6.81. The number of sulfonamides is 1. The number of aromatic nitrogens is 2. The zero-order valence-electron chi connectivity index (χ0n) is 16.0. The van der Waals surface area contributed by atoms with Crippen LogP contribution in [0.25, 0.3) is 11.3 Å². The first-order valence-corrected chi connectivity index (χ1v) is 11.0. The van der Waals surface area contributed by atoms with Gasteiger partial charge in [0.2, 0.25) is 15.9 Å². The molecule has 3 rings (SSSR count). The molecule has 1 aliphatic heterocycles. The summed E-state index contributed by atoms with van der Waals surface area (Å²) in [6.07, 6.45) is 2.10. The summed E-state index contributed by atoms with van der Waals surface area (Å²) in [6.45, 7) is 3.04. The van der Waals surface area contributed by atoms with Crippen LogP contribution in [0.3, 0.4) is 0 Å². The Morgan fingerprint density at radius 3 is 2.25 bits per heavy atom. The lowest BCUT2D eigenvalue weighted by Crippen LogP contribution is -2.51. The van der Waals surface area contributed by atoms with E-state index in [4.69, 9.17) is 0 Å². The van der Waals surface area contributed by atoms with Gasteiger partial charge in [-0.1, -0.05) is 31.2 Å². The number of aryl methyl sites for hydroxylation is 1. The van der Waals surface area contributed by atoms with Crippen molar-refractivity contribution >= 4 is 15.9 Å². The quantitative estimate of drug-likeness (QED) is 0.727. The fraction of sp³-hybridized carbons (Fsp3) is 0.421. The maximum absolute atomic E-state index is 12.6. The summed E-state index contributed by atoms with van der Waals surface area (Å²) in [5, 5.41) is 4.34. The highest BCUT2D eigenvalue weighted by Gasteiger charge is 2.26. The van der Waals surface area contributed by atoms with Crippen LogP contribution in [-0.2, 0) is 27.8 Å². The fourth-order valence-electron chi connectivity index (χ4n) is 3.12. The first kappa shape index (κ1) is 20.2. The Morgan fingerprint density at radius 2 is 1.68 bits per heavy atom. The molecule has 0 radical (unpaired) electrons. The Kier molecular flexibility index (Phi) is 5.95. The molecule has 1 aromatic heterocycles. The maximum Gasteiger partial charge on any atom is 0.267 e. The molecule has 1 fully saturated rings. The summed E-state index contributed by atoms with van der Waals surface area (Å²) in [5.41, 5.74) is 2.36. The number of nitrogens with zero attached hydrogens (tertiary/aromatic N) is 4. The number of rotatable bonds is 5. The molecule has 2 aromatic rings. The third-order valence-corrected chi connectivity index (χ3v) is 6.17. The topological polar surface area (TPSA) is 92.6 Å². The van der Waals surface area contributed by atoms with Crippen molar-refractivity contribution in [1.82, 2.24) is 19.0 Å². The number of benzene rings is 1. The zero-order chi connectivity index (χ0) is 20.3. The lowest BCUT2D eigenvalue weighted by molar-refractivity contribution is -0.133. The number of hydrogen-bond donors (Lipinski definition) is 0. The molecule has 1 aliphatic rings. The smallest absolute Gasteiger partial charge is 0.267 e. The van der Waals surface area contributed by atoms with Crippen molar-refractivity contribution < 1.29 is 13.2 Å². The lowest BCUT2D eigenvalue weighted by Gasteiger charge is -2.33. The first-order chi connectivity index (χ1) is 13.3. The predicted molar refractivity (Wildman–Crippen MR) is 106 cm³/mol. The second-order valence-corrected chi connectivity index (χ2v) is 8.79. The van der Waals surface area contributed by atoms with Gasteiger partial charge in [0.15, 0.2) is 0 Å². The molecule has 1 saturated heterocycles. The number of carbonyl (C=O) groups excluding carboxylic acids is 1. The van der Waals surface area contributed by atoms with E-state index in [2.05, 4.69) is 12.0 Å². The van der Waals surface area contributed by atoms with Crippen molar-refractivity contribution in [2.75, 3.05) is 32.4 Å². The van der Waals surface area contributed by atoms with Gasteiger partial charge in [0.05, 0.1) is 11.9 Å². The van der Waals surface area contributed by atoms with Gasteiger partial charge in [0, 0.05) is 37.8 Å². The van der Waals surface area contributed by atoms with E-state index < -0.39 is 10.0 Å². The molecule has 0 saturated carbocycles.